The number of rotatable bonds is 3. The molecule has 1 saturated heterocycles. The highest BCUT2D eigenvalue weighted by Crippen LogP contribution is 2.26. The molecular weight excluding hydrogens is 324 g/mol. The van der Waals surface area contributed by atoms with Crippen molar-refractivity contribution in [2.45, 2.75) is 19.4 Å². The maximum atomic E-state index is 12.4. The minimum absolute atomic E-state index is 0.0372. The Morgan fingerprint density at radius 1 is 1.21 bits per heavy atom. The minimum Gasteiger partial charge on any atom is -0.344 e. The highest BCUT2D eigenvalue weighted by Gasteiger charge is 2.30. The first-order valence-electron chi connectivity index (χ1n) is 7.88. The number of benzene rings is 2. The number of nitrogens with one attached hydrogen (secondary N) is 1. The van der Waals surface area contributed by atoms with E-state index in [4.69, 9.17) is 11.6 Å². The SMILES string of the molecule is Cc1ccc(-c2cccc(C(=O)NC3CCN(C)C3=O)c2)cc1Cl. The van der Waals surface area contributed by atoms with Crippen LogP contribution in [0, 0.1) is 6.92 Å². The number of likely N-dealkylation sites (N-methyl/N-ethyl adjacent to an activating group) is 1. The van der Waals surface area contributed by atoms with Gasteiger partial charge in [-0.3, -0.25) is 9.59 Å². The number of carbonyl (C=O) groups excluding carboxylic acids is 2. The number of hydrogen-bond acceptors (Lipinski definition) is 2. The second kappa shape index (κ2) is 6.65. The van der Waals surface area contributed by atoms with E-state index in [2.05, 4.69) is 5.32 Å². The second-order valence-corrected chi connectivity index (χ2v) is 6.53. The van der Waals surface area contributed by atoms with Crippen molar-refractivity contribution >= 4 is 23.4 Å². The lowest BCUT2D eigenvalue weighted by molar-refractivity contribution is -0.128. The third-order valence-electron chi connectivity index (χ3n) is 4.36. The Labute approximate surface area is 146 Å². The van der Waals surface area contributed by atoms with Gasteiger partial charge in [-0.2, -0.15) is 0 Å². The molecule has 0 spiro atoms. The molecule has 3 rings (SSSR count). The zero-order chi connectivity index (χ0) is 17.3. The van der Waals surface area contributed by atoms with Crippen LogP contribution in [0.2, 0.25) is 5.02 Å². The van der Waals surface area contributed by atoms with E-state index in [0.717, 1.165) is 16.7 Å². The van der Waals surface area contributed by atoms with Gasteiger partial charge in [0.05, 0.1) is 0 Å². The maximum Gasteiger partial charge on any atom is 0.251 e. The Kier molecular flexibility index (Phi) is 4.58. The Hall–Kier alpha value is -2.33. The van der Waals surface area contributed by atoms with Gasteiger partial charge in [0.15, 0.2) is 0 Å². The average Bonchev–Trinajstić information content (AvgIpc) is 2.89. The van der Waals surface area contributed by atoms with Crippen LogP contribution in [0.1, 0.15) is 22.3 Å². The highest BCUT2D eigenvalue weighted by atomic mass is 35.5. The first-order chi connectivity index (χ1) is 11.5. The number of aryl methyl sites for hydroxylation is 1. The van der Waals surface area contributed by atoms with Gasteiger partial charge in [0.1, 0.15) is 6.04 Å². The van der Waals surface area contributed by atoms with Gasteiger partial charge in [0, 0.05) is 24.2 Å². The van der Waals surface area contributed by atoms with Crippen molar-refractivity contribution in [2.24, 2.45) is 0 Å². The molecule has 1 atom stereocenters. The van der Waals surface area contributed by atoms with Crippen LogP contribution in [-0.2, 0) is 4.79 Å². The van der Waals surface area contributed by atoms with Crippen LogP contribution in [0.3, 0.4) is 0 Å². The normalized spacial score (nSPS) is 17.2. The van der Waals surface area contributed by atoms with Crippen LogP contribution in [0.5, 0.6) is 0 Å². The van der Waals surface area contributed by atoms with Gasteiger partial charge in [-0.1, -0.05) is 35.9 Å². The highest BCUT2D eigenvalue weighted by molar-refractivity contribution is 6.31. The molecule has 0 aliphatic carbocycles. The van der Waals surface area contributed by atoms with E-state index < -0.39 is 6.04 Å². The molecule has 24 heavy (non-hydrogen) atoms. The largest absolute Gasteiger partial charge is 0.344 e. The number of carbonyl (C=O) groups is 2. The molecule has 0 saturated carbocycles. The maximum absolute atomic E-state index is 12.4. The molecule has 0 bridgehead atoms. The number of halogens is 1. The topological polar surface area (TPSA) is 49.4 Å². The van der Waals surface area contributed by atoms with Gasteiger partial charge in [0.2, 0.25) is 5.91 Å². The van der Waals surface area contributed by atoms with Crippen LogP contribution in [-0.4, -0.2) is 36.3 Å². The predicted octanol–water partition coefficient (Wildman–Crippen LogP) is 3.28. The summed E-state index contributed by atoms with van der Waals surface area (Å²) in [4.78, 5) is 26.0. The molecule has 2 aromatic carbocycles. The lowest BCUT2D eigenvalue weighted by Gasteiger charge is -2.13. The average molecular weight is 343 g/mol. The fraction of sp³-hybridized carbons (Fsp3) is 0.263. The number of amides is 2. The monoisotopic (exact) mass is 342 g/mol. The molecule has 5 heteroatoms. The molecule has 1 fully saturated rings. The van der Waals surface area contributed by atoms with Crippen LogP contribution >= 0.6 is 11.6 Å². The summed E-state index contributed by atoms with van der Waals surface area (Å²) < 4.78 is 0. The standard InChI is InChI=1S/C19H19ClN2O2/c1-12-6-7-14(11-16(12)20)13-4-3-5-15(10-13)18(23)21-17-8-9-22(2)19(17)24/h3-7,10-11,17H,8-9H2,1-2H3,(H,21,23). The molecule has 1 N–H and O–H groups in total. The Morgan fingerprint density at radius 3 is 2.62 bits per heavy atom. The molecule has 4 nitrogen and oxygen atoms in total. The summed E-state index contributed by atoms with van der Waals surface area (Å²) in [7, 11) is 1.75. The summed E-state index contributed by atoms with van der Waals surface area (Å²) in [6.07, 6.45) is 0.647. The predicted molar refractivity (Wildman–Crippen MR) is 95.1 cm³/mol. The summed E-state index contributed by atoms with van der Waals surface area (Å²) in [5.41, 5.74) is 3.42. The third kappa shape index (κ3) is 3.29. The molecule has 2 aromatic rings. The number of hydrogen-bond donors (Lipinski definition) is 1. The second-order valence-electron chi connectivity index (χ2n) is 6.12. The van der Waals surface area contributed by atoms with Crippen LogP contribution in [0.15, 0.2) is 42.5 Å². The van der Waals surface area contributed by atoms with Gasteiger partial charge < -0.3 is 10.2 Å². The Morgan fingerprint density at radius 2 is 1.96 bits per heavy atom. The minimum atomic E-state index is -0.431. The quantitative estimate of drug-likeness (QED) is 0.930. The fourth-order valence-electron chi connectivity index (χ4n) is 2.81. The molecule has 0 radical (unpaired) electrons. The van der Waals surface area contributed by atoms with Crippen LogP contribution < -0.4 is 5.32 Å². The van der Waals surface area contributed by atoms with Crippen molar-refractivity contribution in [1.29, 1.82) is 0 Å². The summed E-state index contributed by atoms with van der Waals surface area (Å²) >= 11 is 6.19. The van der Waals surface area contributed by atoms with E-state index in [1.807, 2.05) is 43.3 Å². The molecule has 1 heterocycles. The summed E-state index contributed by atoms with van der Waals surface area (Å²) in [5.74, 6) is -0.270. The van der Waals surface area contributed by atoms with Gasteiger partial charge in [-0.25, -0.2) is 0 Å². The zero-order valence-electron chi connectivity index (χ0n) is 13.7. The number of nitrogens with zero attached hydrogens (tertiary/aromatic N) is 1. The van der Waals surface area contributed by atoms with E-state index in [9.17, 15) is 9.59 Å². The van der Waals surface area contributed by atoms with Gasteiger partial charge >= 0.3 is 0 Å². The van der Waals surface area contributed by atoms with E-state index in [1.165, 1.54) is 0 Å². The molecule has 124 valence electrons. The van der Waals surface area contributed by atoms with Crippen molar-refractivity contribution in [2.75, 3.05) is 13.6 Å². The van der Waals surface area contributed by atoms with Crippen LogP contribution in [0.25, 0.3) is 11.1 Å². The van der Waals surface area contributed by atoms with Gasteiger partial charge in [0.25, 0.3) is 5.91 Å². The first-order valence-corrected chi connectivity index (χ1v) is 8.26. The smallest absolute Gasteiger partial charge is 0.251 e. The molecule has 1 aliphatic rings. The van der Waals surface area contributed by atoms with Crippen molar-refractivity contribution in [3.63, 3.8) is 0 Å². The fourth-order valence-corrected chi connectivity index (χ4v) is 2.99. The van der Waals surface area contributed by atoms with Crippen molar-refractivity contribution in [1.82, 2.24) is 10.2 Å². The molecule has 2 amide bonds. The van der Waals surface area contributed by atoms with Crippen molar-refractivity contribution in [3.8, 4) is 11.1 Å². The van der Waals surface area contributed by atoms with E-state index in [1.54, 1.807) is 18.0 Å². The Balaban J connectivity index is 1.81. The first kappa shape index (κ1) is 16.5. The summed E-state index contributed by atoms with van der Waals surface area (Å²) in [6.45, 7) is 2.62. The molecule has 1 unspecified atom stereocenters. The molecule has 1 aliphatic heterocycles. The van der Waals surface area contributed by atoms with Gasteiger partial charge in [-0.05, 0) is 48.2 Å². The van der Waals surface area contributed by atoms with Crippen molar-refractivity contribution < 1.29 is 9.59 Å². The third-order valence-corrected chi connectivity index (χ3v) is 4.77. The molecular formula is C19H19ClN2O2. The summed E-state index contributed by atoms with van der Waals surface area (Å²) in [5, 5.41) is 3.51. The van der Waals surface area contributed by atoms with Gasteiger partial charge in [-0.15, -0.1) is 0 Å². The number of likely N-dealkylation sites (tertiary alicyclic amines) is 1. The Bertz CT molecular complexity index is 804. The lowest BCUT2D eigenvalue weighted by Crippen LogP contribution is -2.40. The van der Waals surface area contributed by atoms with Crippen molar-refractivity contribution in [3.05, 3.63) is 58.6 Å². The van der Waals surface area contributed by atoms with Crippen LogP contribution in [0.4, 0.5) is 0 Å². The van der Waals surface area contributed by atoms with E-state index >= 15 is 0 Å². The lowest BCUT2D eigenvalue weighted by atomic mass is 10.0. The molecule has 0 aromatic heterocycles. The van der Waals surface area contributed by atoms with E-state index in [0.29, 0.717) is 23.6 Å². The zero-order valence-corrected chi connectivity index (χ0v) is 14.4. The van der Waals surface area contributed by atoms with E-state index in [-0.39, 0.29) is 11.8 Å². The summed E-state index contributed by atoms with van der Waals surface area (Å²) in [6, 6.07) is 12.7.